The van der Waals surface area contributed by atoms with Crippen molar-refractivity contribution in [2.24, 2.45) is 0 Å². The Hall–Kier alpha value is -3.36. The molecular formula is C29H34ClN3O4S. The molecular weight excluding hydrogens is 522 g/mol. The zero-order chi connectivity index (χ0) is 28.0. The van der Waals surface area contributed by atoms with Crippen molar-refractivity contribution in [2.45, 2.75) is 58.1 Å². The van der Waals surface area contributed by atoms with E-state index >= 15 is 0 Å². The lowest BCUT2D eigenvalue weighted by molar-refractivity contribution is -0.139. The molecule has 202 valence electrons. The van der Waals surface area contributed by atoms with E-state index in [2.05, 4.69) is 5.32 Å². The first-order valence-electron chi connectivity index (χ1n) is 12.4. The molecule has 0 aliphatic heterocycles. The minimum Gasteiger partial charge on any atom is -0.352 e. The molecule has 3 aromatic rings. The molecule has 0 saturated carbocycles. The van der Waals surface area contributed by atoms with E-state index in [0.717, 1.165) is 21.0 Å². The predicted molar refractivity (Wildman–Crippen MR) is 152 cm³/mol. The first-order valence-corrected chi connectivity index (χ1v) is 14.2. The molecule has 2 amide bonds. The molecule has 7 nitrogen and oxygen atoms in total. The second-order valence-corrected chi connectivity index (χ2v) is 11.9. The van der Waals surface area contributed by atoms with Crippen LogP contribution in [0, 0.1) is 13.8 Å². The molecule has 0 aliphatic carbocycles. The Morgan fingerprint density at radius 3 is 2.11 bits per heavy atom. The van der Waals surface area contributed by atoms with Crippen molar-refractivity contribution in [1.82, 2.24) is 10.2 Å². The molecule has 0 spiro atoms. The Morgan fingerprint density at radius 1 is 0.895 bits per heavy atom. The van der Waals surface area contributed by atoms with Crippen molar-refractivity contribution in [3.63, 3.8) is 0 Å². The Kier molecular flexibility index (Phi) is 9.57. The highest BCUT2D eigenvalue weighted by molar-refractivity contribution is 7.92. The van der Waals surface area contributed by atoms with Gasteiger partial charge in [0.05, 0.1) is 10.6 Å². The first kappa shape index (κ1) is 29.2. The van der Waals surface area contributed by atoms with Crippen molar-refractivity contribution in [1.29, 1.82) is 0 Å². The topological polar surface area (TPSA) is 86.8 Å². The summed E-state index contributed by atoms with van der Waals surface area (Å²) in [6.07, 6.45) is 0. The molecule has 0 radical (unpaired) electrons. The van der Waals surface area contributed by atoms with Crippen LogP contribution >= 0.6 is 11.6 Å². The molecule has 0 aliphatic rings. The summed E-state index contributed by atoms with van der Waals surface area (Å²) in [6, 6.07) is 19.4. The van der Waals surface area contributed by atoms with E-state index in [9.17, 15) is 18.0 Å². The normalized spacial score (nSPS) is 12.2. The molecule has 0 fully saturated rings. The molecule has 9 heteroatoms. The van der Waals surface area contributed by atoms with E-state index in [1.165, 1.54) is 29.2 Å². The molecule has 0 saturated heterocycles. The Bertz CT molecular complexity index is 1380. The summed E-state index contributed by atoms with van der Waals surface area (Å²) in [5, 5.41) is 3.25. The van der Waals surface area contributed by atoms with Crippen LogP contribution in [0.1, 0.15) is 37.5 Å². The number of nitrogens with zero attached hydrogens (tertiary/aromatic N) is 2. The number of carbonyl (C=O) groups excluding carboxylic acids is 2. The van der Waals surface area contributed by atoms with Crippen LogP contribution in [0.2, 0.25) is 5.02 Å². The maximum atomic E-state index is 13.9. The van der Waals surface area contributed by atoms with Gasteiger partial charge in [-0.3, -0.25) is 13.9 Å². The zero-order valence-corrected chi connectivity index (χ0v) is 23.9. The predicted octanol–water partition coefficient (Wildman–Crippen LogP) is 5.09. The van der Waals surface area contributed by atoms with Crippen molar-refractivity contribution in [2.75, 3.05) is 10.8 Å². The average molecular weight is 556 g/mol. The zero-order valence-electron chi connectivity index (χ0n) is 22.3. The summed E-state index contributed by atoms with van der Waals surface area (Å²) in [5.41, 5.74) is 3.06. The second-order valence-electron chi connectivity index (χ2n) is 9.58. The van der Waals surface area contributed by atoms with Gasteiger partial charge < -0.3 is 10.2 Å². The fourth-order valence-corrected chi connectivity index (χ4v) is 5.44. The van der Waals surface area contributed by atoms with Gasteiger partial charge in [-0.2, -0.15) is 0 Å². The van der Waals surface area contributed by atoms with E-state index in [0.29, 0.717) is 10.7 Å². The SMILES string of the molecule is Cc1ccc(N(CC(=O)N(Cc2ccccc2)[C@@H](C)C(=O)NC(C)C)S(=O)(=O)c2ccc(Cl)cc2)cc1C. The van der Waals surface area contributed by atoms with Crippen molar-refractivity contribution < 1.29 is 18.0 Å². The fourth-order valence-electron chi connectivity index (χ4n) is 3.91. The highest BCUT2D eigenvalue weighted by Gasteiger charge is 2.32. The number of halogens is 1. The number of sulfonamides is 1. The number of benzene rings is 3. The van der Waals surface area contributed by atoms with Gasteiger partial charge in [0.2, 0.25) is 11.8 Å². The number of carbonyl (C=O) groups is 2. The third-order valence-electron chi connectivity index (χ3n) is 6.25. The summed E-state index contributed by atoms with van der Waals surface area (Å²) < 4.78 is 28.8. The quantitative estimate of drug-likeness (QED) is 0.377. The molecule has 3 rings (SSSR count). The van der Waals surface area contributed by atoms with E-state index in [-0.39, 0.29) is 23.4 Å². The number of amides is 2. The van der Waals surface area contributed by atoms with E-state index < -0.39 is 28.5 Å². The lowest BCUT2D eigenvalue weighted by atomic mass is 10.1. The molecule has 0 heterocycles. The standard InChI is InChI=1S/C29H34ClN3O4S/c1-20(2)31-29(35)23(5)32(18-24-9-7-6-8-10-24)28(34)19-33(26-14-11-21(3)22(4)17-26)38(36,37)27-15-12-25(30)13-16-27/h6-17,20,23H,18-19H2,1-5H3,(H,31,35)/t23-/m0/s1. The molecule has 38 heavy (non-hydrogen) atoms. The van der Waals surface area contributed by atoms with Gasteiger partial charge in [-0.25, -0.2) is 8.42 Å². The first-order chi connectivity index (χ1) is 17.9. The van der Waals surface area contributed by atoms with Gasteiger partial charge in [-0.1, -0.05) is 48.0 Å². The summed E-state index contributed by atoms with van der Waals surface area (Å²) >= 11 is 5.99. The monoisotopic (exact) mass is 555 g/mol. The number of aryl methyl sites for hydroxylation is 2. The van der Waals surface area contributed by atoms with Crippen LogP contribution in [0.15, 0.2) is 77.7 Å². The number of hydrogen-bond donors (Lipinski definition) is 1. The molecule has 0 bridgehead atoms. The maximum Gasteiger partial charge on any atom is 0.264 e. The number of nitrogens with one attached hydrogen (secondary N) is 1. The van der Waals surface area contributed by atoms with Gasteiger partial charge in [0.25, 0.3) is 10.0 Å². The van der Waals surface area contributed by atoms with Crippen molar-refractivity contribution in [3.05, 3.63) is 94.5 Å². The Labute approximate surface area is 230 Å². The third kappa shape index (κ3) is 7.14. The smallest absolute Gasteiger partial charge is 0.264 e. The minimum atomic E-state index is -4.14. The van der Waals surface area contributed by atoms with Crippen LogP contribution in [0.4, 0.5) is 5.69 Å². The number of rotatable bonds is 10. The van der Waals surface area contributed by atoms with Gasteiger partial charge in [0.1, 0.15) is 12.6 Å². The largest absolute Gasteiger partial charge is 0.352 e. The van der Waals surface area contributed by atoms with Gasteiger partial charge in [0.15, 0.2) is 0 Å². The lowest BCUT2D eigenvalue weighted by Crippen LogP contribution is -2.52. The summed E-state index contributed by atoms with van der Waals surface area (Å²) in [7, 11) is -4.14. The van der Waals surface area contributed by atoms with Crippen LogP contribution in [0.5, 0.6) is 0 Å². The second kappa shape index (κ2) is 12.5. The summed E-state index contributed by atoms with van der Waals surface area (Å²) in [5.74, 6) is -0.821. The van der Waals surface area contributed by atoms with E-state index in [4.69, 9.17) is 11.6 Å². The van der Waals surface area contributed by atoms with Gasteiger partial charge in [-0.15, -0.1) is 0 Å². The third-order valence-corrected chi connectivity index (χ3v) is 8.29. The summed E-state index contributed by atoms with van der Waals surface area (Å²) in [6.45, 7) is 8.80. The van der Waals surface area contributed by atoms with Crippen LogP contribution < -0.4 is 9.62 Å². The molecule has 3 aromatic carbocycles. The average Bonchev–Trinajstić information content (AvgIpc) is 2.87. The van der Waals surface area contributed by atoms with Gasteiger partial charge >= 0.3 is 0 Å². The van der Waals surface area contributed by atoms with E-state index in [1.807, 2.05) is 64.1 Å². The molecule has 1 atom stereocenters. The maximum absolute atomic E-state index is 13.9. The Morgan fingerprint density at radius 2 is 1.53 bits per heavy atom. The van der Waals surface area contributed by atoms with Gasteiger partial charge in [-0.05, 0) is 87.7 Å². The highest BCUT2D eigenvalue weighted by Crippen LogP contribution is 2.27. The van der Waals surface area contributed by atoms with Gasteiger partial charge in [0, 0.05) is 17.6 Å². The molecule has 1 N–H and O–H groups in total. The van der Waals surface area contributed by atoms with Crippen molar-refractivity contribution in [3.8, 4) is 0 Å². The highest BCUT2D eigenvalue weighted by atomic mass is 35.5. The van der Waals surface area contributed by atoms with Crippen LogP contribution in [-0.4, -0.2) is 43.8 Å². The molecule has 0 unspecified atom stereocenters. The number of anilines is 1. The summed E-state index contributed by atoms with van der Waals surface area (Å²) in [4.78, 5) is 28.2. The van der Waals surface area contributed by atoms with Crippen LogP contribution in [-0.2, 0) is 26.2 Å². The number of hydrogen-bond acceptors (Lipinski definition) is 4. The molecule has 0 aromatic heterocycles. The van der Waals surface area contributed by atoms with Crippen LogP contribution in [0.3, 0.4) is 0 Å². The van der Waals surface area contributed by atoms with E-state index in [1.54, 1.807) is 19.1 Å². The van der Waals surface area contributed by atoms with Crippen LogP contribution in [0.25, 0.3) is 0 Å². The lowest BCUT2D eigenvalue weighted by Gasteiger charge is -2.32. The minimum absolute atomic E-state index is 0.00753. The fraction of sp³-hybridized carbons (Fsp3) is 0.310. The van der Waals surface area contributed by atoms with Crippen molar-refractivity contribution >= 4 is 39.1 Å². The Balaban J connectivity index is 2.04.